The van der Waals surface area contributed by atoms with Gasteiger partial charge in [0.05, 0.1) is 0 Å². The maximum Gasteiger partial charge on any atom is 0.324 e. The summed E-state index contributed by atoms with van der Waals surface area (Å²) in [5, 5.41) is 4.23. The average Bonchev–Trinajstić information content (AvgIpc) is 2.85. The second kappa shape index (κ2) is 5.96. The van der Waals surface area contributed by atoms with Crippen molar-refractivity contribution in [2.24, 2.45) is 0 Å². The number of quaternary nitrogens is 1. The summed E-state index contributed by atoms with van der Waals surface area (Å²) in [5.74, 6) is -2.10. The SMILES string of the molecule is C[C@H]([NH2+]CC(=O)N1CCNC1=O)c1ccc(F)c(F)c1. The molecule has 0 aromatic heterocycles. The van der Waals surface area contributed by atoms with Crippen LogP contribution >= 0.6 is 0 Å². The van der Waals surface area contributed by atoms with Gasteiger partial charge in [-0.05, 0) is 25.1 Å². The highest BCUT2D eigenvalue weighted by atomic mass is 19.2. The van der Waals surface area contributed by atoms with Crippen LogP contribution in [0.3, 0.4) is 0 Å². The summed E-state index contributed by atoms with van der Waals surface area (Å²) in [7, 11) is 0. The third-order valence-electron chi connectivity index (χ3n) is 3.27. The normalized spacial score (nSPS) is 16.1. The first-order valence-electron chi connectivity index (χ1n) is 6.35. The summed E-state index contributed by atoms with van der Waals surface area (Å²) in [6.45, 7) is 2.69. The number of rotatable bonds is 4. The summed E-state index contributed by atoms with van der Waals surface area (Å²) in [6, 6.07) is 3.06. The lowest BCUT2D eigenvalue weighted by Gasteiger charge is -2.14. The van der Waals surface area contributed by atoms with E-state index in [0.717, 1.165) is 17.0 Å². The van der Waals surface area contributed by atoms with Crippen LogP contribution < -0.4 is 10.6 Å². The fourth-order valence-corrected chi connectivity index (χ4v) is 2.03. The number of nitrogens with one attached hydrogen (secondary N) is 1. The summed E-state index contributed by atoms with van der Waals surface area (Å²) in [5.41, 5.74) is 0.586. The largest absolute Gasteiger partial charge is 0.336 e. The van der Waals surface area contributed by atoms with Crippen molar-refractivity contribution in [1.82, 2.24) is 10.2 Å². The molecule has 1 heterocycles. The number of amides is 3. The fraction of sp³-hybridized carbons (Fsp3) is 0.385. The number of nitrogens with two attached hydrogens (primary N) is 1. The number of hydrogen-bond donors (Lipinski definition) is 2. The van der Waals surface area contributed by atoms with Crippen molar-refractivity contribution in [2.75, 3.05) is 19.6 Å². The molecule has 1 aromatic carbocycles. The van der Waals surface area contributed by atoms with Gasteiger partial charge in [0.1, 0.15) is 6.04 Å². The van der Waals surface area contributed by atoms with E-state index in [1.807, 2.05) is 0 Å². The Bertz CT molecular complexity index is 536. The Morgan fingerprint density at radius 2 is 2.20 bits per heavy atom. The Morgan fingerprint density at radius 1 is 1.45 bits per heavy atom. The lowest BCUT2D eigenvalue weighted by Crippen LogP contribution is -2.87. The molecule has 1 atom stereocenters. The summed E-state index contributed by atoms with van der Waals surface area (Å²) in [6.07, 6.45) is 0. The molecule has 1 saturated heterocycles. The third kappa shape index (κ3) is 3.11. The molecule has 0 radical (unpaired) electrons. The van der Waals surface area contributed by atoms with Gasteiger partial charge in [0.2, 0.25) is 0 Å². The van der Waals surface area contributed by atoms with Gasteiger partial charge in [0.25, 0.3) is 5.91 Å². The molecular formula is C13H16F2N3O2+. The Kier molecular flexibility index (Phi) is 4.29. The average molecular weight is 284 g/mol. The molecule has 1 aliphatic rings. The van der Waals surface area contributed by atoms with E-state index in [0.29, 0.717) is 18.7 Å². The second-order valence-electron chi connectivity index (χ2n) is 4.68. The topological polar surface area (TPSA) is 66.0 Å². The van der Waals surface area contributed by atoms with Crippen LogP contribution in [0.2, 0.25) is 0 Å². The van der Waals surface area contributed by atoms with E-state index in [1.165, 1.54) is 6.07 Å². The highest BCUT2D eigenvalue weighted by molar-refractivity contribution is 5.96. The molecule has 2 rings (SSSR count). The summed E-state index contributed by atoms with van der Waals surface area (Å²) >= 11 is 0. The molecule has 3 amide bonds. The first kappa shape index (κ1) is 14.4. The van der Waals surface area contributed by atoms with Crippen molar-refractivity contribution in [2.45, 2.75) is 13.0 Å². The molecule has 1 fully saturated rings. The molecule has 3 N–H and O–H groups in total. The van der Waals surface area contributed by atoms with Crippen molar-refractivity contribution in [3.8, 4) is 0 Å². The van der Waals surface area contributed by atoms with Gasteiger partial charge in [-0.25, -0.2) is 13.6 Å². The van der Waals surface area contributed by atoms with E-state index in [2.05, 4.69) is 5.32 Å². The molecule has 0 saturated carbocycles. The molecule has 5 nitrogen and oxygen atoms in total. The maximum atomic E-state index is 13.1. The van der Waals surface area contributed by atoms with Gasteiger partial charge >= 0.3 is 6.03 Å². The standard InChI is InChI=1S/C13H15F2N3O2/c1-8(9-2-3-10(14)11(15)6-9)17-7-12(19)18-5-4-16-13(18)20/h2-3,6,8,17H,4-5,7H2,1H3,(H,16,20)/p+1/t8-/m0/s1. The van der Waals surface area contributed by atoms with E-state index in [1.54, 1.807) is 12.2 Å². The Labute approximate surface area is 114 Å². The number of hydrogen-bond acceptors (Lipinski definition) is 2. The van der Waals surface area contributed by atoms with Gasteiger partial charge in [-0.3, -0.25) is 9.69 Å². The van der Waals surface area contributed by atoms with E-state index >= 15 is 0 Å². The molecule has 0 unspecified atom stereocenters. The Balaban J connectivity index is 1.91. The fourth-order valence-electron chi connectivity index (χ4n) is 2.03. The van der Waals surface area contributed by atoms with Crippen molar-refractivity contribution in [3.05, 3.63) is 35.4 Å². The highest BCUT2D eigenvalue weighted by Crippen LogP contribution is 2.13. The number of carbonyl (C=O) groups is 2. The minimum absolute atomic E-state index is 0.0770. The van der Waals surface area contributed by atoms with Crippen molar-refractivity contribution >= 4 is 11.9 Å². The Morgan fingerprint density at radius 3 is 2.80 bits per heavy atom. The molecule has 0 bridgehead atoms. The Hall–Kier alpha value is -2.02. The number of imide groups is 1. The molecule has 108 valence electrons. The molecule has 0 aliphatic carbocycles. The second-order valence-corrected chi connectivity index (χ2v) is 4.68. The van der Waals surface area contributed by atoms with Crippen molar-refractivity contribution in [1.29, 1.82) is 0 Å². The molecule has 1 aliphatic heterocycles. The van der Waals surface area contributed by atoms with Crippen LogP contribution in [0, 0.1) is 11.6 Å². The number of carbonyl (C=O) groups excluding carboxylic acids is 2. The smallest absolute Gasteiger partial charge is 0.324 e. The minimum Gasteiger partial charge on any atom is -0.336 e. The number of nitrogens with zero attached hydrogens (tertiary/aromatic N) is 1. The van der Waals surface area contributed by atoms with E-state index in [9.17, 15) is 18.4 Å². The number of halogens is 2. The third-order valence-corrected chi connectivity index (χ3v) is 3.27. The monoisotopic (exact) mass is 284 g/mol. The van der Waals surface area contributed by atoms with Gasteiger partial charge in [0, 0.05) is 18.7 Å². The van der Waals surface area contributed by atoms with Gasteiger partial charge in [0.15, 0.2) is 18.2 Å². The quantitative estimate of drug-likeness (QED) is 0.826. The summed E-state index contributed by atoms with van der Waals surface area (Å²) < 4.78 is 26.0. The predicted molar refractivity (Wildman–Crippen MR) is 66.7 cm³/mol. The first-order valence-corrected chi connectivity index (χ1v) is 6.35. The van der Waals surface area contributed by atoms with Crippen LogP contribution in [0.15, 0.2) is 18.2 Å². The van der Waals surface area contributed by atoms with Gasteiger partial charge in [-0.15, -0.1) is 0 Å². The molecule has 7 heteroatoms. The van der Waals surface area contributed by atoms with Crippen LogP contribution in [0.5, 0.6) is 0 Å². The lowest BCUT2D eigenvalue weighted by atomic mass is 10.1. The molecule has 0 spiro atoms. The van der Waals surface area contributed by atoms with E-state index in [4.69, 9.17) is 0 Å². The van der Waals surface area contributed by atoms with Crippen LogP contribution in [0.4, 0.5) is 13.6 Å². The van der Waals surface area contributed by atoms with Crippen molar-refractivity contribution in [3.63, 3.8) is 0 Å². The van der Waals surface area contributed by atoms with E-state index in [-0.39, 0.29) is 24.5 Å². The lowest BCUT2D eigenvalue weighted by molar-refractivity contribution is -0.683. The summed E-state index contributed by atoms with van der Waals surface area (Å²) in [4.78, 5) is 24.3. The van der Waals surface area contributed by atoms with Crippen LogP contribution in [-0.2, 0) is 4.79 Å². The molecule has 1 aromatic rings. The highest BCUT2D eigenvalue weighted by Gasteiger charge is 2.27. The van der Waals surface area contributed by atoms with Gasteiger partial charge in [-0.1, -0.05) is 0 Å². The zero-order chi connectivity index (χ0) is 14.7. The van der Waals surface area contributed by atoms with Crippen LogP contribution in [-0.4, -0.2) is 36.5 Å². The van der Waals surface area contributed by atoms with Crippen molar-refractivity contribution < 1.29 is 23.7 Å². The molecular weight excluding hydrogens is 268 g/mol. The first-order chi connectivity index (χ1) is 9.49. The minimum atomic E-state index is -0.909. The number of benzene rings is 1. The van der Waals surface area contributed by atoms with E-state index < -0.39 is 11.6 Å². The zero-order valence-electron chi connectivity index (χ0n) is 11.0. The number of urea groups is 1. The van der Waals surface area contributed by atoms with Crippen LogP contribution in [0.1, 0.15) is 18.5 Å². The predicted octanol–water partition coefficient (Wildman–Crippen LogP) is 0.141. The van der Waals surface area contributed by atoms with Crippen LogP contribution in [0.25, 0.3) is 0 Å². The molecule has 20 heavy (non-hydrogen) atoms. The van der Waals surface area contributed by atoms with Gasteiger partial charge < -0.3 is 10.6 Å². The zero-order valence-corrected chi connectivity index (χ0v) is 11.0. The maximum absolute atomic E-state index is 13.1. The van der Waals surface area contributed by atoms with Gasteiger partial charge in [-0.2, -0.15) is 0 Å².